The van der Waals surface area contributed by atoms with Gasteiger partial charge in [-0.3, -0.25) is 4.79 Å². The van der Waals surface area contributed by atoms with Crippen molar-refractivity contribution in [1.29, 1.82) is 0 Å². The SMILES string of the molecule is CSC1O[C@H]([C@H](NC(=O)[C@H]2NC[C@@H]3CCCO[C@H]32)[C@H](C)Cl)C(O)C(O)[C@H]1O. The molecule has 0 aliphatic carbocycles. The number of alkyl halides is 1. The Morgan fingerprint density at radius 1 is 1.30 bits per heavy atom. The van der Waals surface area contributed by atoms with E-state index in [9.17, 15) is 20.1 Å². The Morgan fingerprint density at radius 2 is 2.04 bits per heavy atom. The Kier molecular flexibility index (Phi) is 7.29. The number of amides is 1. The van der Waals surface area contributed by atoms with E-state index < -0.39 is 47.3 Å². The highest BCUT2D eigenvalue weighted by molar-refractivity contribution is 7.99. The van der Waals surface area contributed by atoms with E-state index in [2.05, 4.69) is 10.6 Å². The van der Waals surface area contributed by atoms with Crippen molar-refractivity contribution in [2.45, 2.75) is 73.2 Å². The molecular formula is C17H29ClN2O6S. The van der Waals surface area contributed by atoms with Crippen molar-refractivity contribution in [2.24, 2.45) is 5.92 Å². The highest BCUT2D eigenvalue weighted by Crippen LogP contribution is 2.31. The number of aliphatic hydroxyl groups excluding tert-OH is 3. The Morgan fingerprint density at radius 3 is 2.70 bits per heavy atom. The summed E-state index contributed by atoms with van der Waals surface area (Å²) in [4.78, 5) is 12.9. The van der Waals surface area contributed by atoms with Crippen LogP contribution in [0.15, 0.2) is 0 Å². The van der Waals surface area contributed by atoms with Gasteiger partial charge in [0.25, 0.3) is 0 Å². The zero-order chi connectivity index (χ0) is 19.7. The predicted octanol–water partition coefficient (Wildman–Crippen LogP) is -0.964. The lowest BCUT2D eigenvalue weighted by Crippen LogP contribution is -2.65. The number of thioether (sulfide) groups is 1. The van der Waals surface area contributed by atoms with Gasteiger partial charge >= 0.3 is 0 Å². The number of nitrogens with one attached hydrogen (secondary N) is 2. The fraction of sp³-hybridized carbons (Fsp3) is 0.941. The van der Waals surface area contributed by atoms with Gasteiger partial charge in [-0.15, -0.1) is 23.4 Å². The van der Waals surface area contributed by atoms with Gasteiger partial charge in [0.1, 0.15) is 35.9 Å². The van der Waals surface area contributed by atoms with Crippen LogP contribution in [0.1, 0.15) is 19.8 Å². The van der Waals surface area contributed by atoms with Crippen LogP contribution in [0.5, 0.6) is 0 Å². The van der Waals surface area contributed by atoms with Crippen LogP contribution in [0, 0.1) is 5.92 Å². The molecule has 0 radical (unpaired) electrons. The van der Waals surface area contributed by atoms with Crippen LogP contribution in [0.25, 0.3) is 0 Å². The van der Waals surface area contributed by atoms with Gasteiger partial charge in [0.15, 0.2) is 0 Å². The van der Waals surface area contributed by atoms with Crippen molar-refractivity contribution >= 4 is 29.3 Å². The first-order valence-electron chi connectivity index (χ1n) is 9.37. The first-order chi connectivity index (χ1) is 12.8. The molecule has 10 heteroatoms. The number of aliphatic hydroxyl groups is 3. The van der Waals surface area contributed by atoms with Gasteiger partial charge in [0, 0.05) is 13.2 Å². The maximum atomic E-state index is 12.9. The minimum atomic E-state index is -1.38. The predicted molar refractivity (Wildman–Crippen MR) is 102 cm³/mol. The Balaban J connectivity index is 1.71. The van der Waals surface area contributed by atoms with E-state index in [1.54, 1.807) is 13.2 Å². The molecule has 5 N–H and O–H groups in total. The van der Waals surface area contributed by atoms with Gasteiger partial charge in [0.2, 0.25) is 5.91 Å². The average molecular weight is 425 g/mol. The summed E-state index contributed by atoms with van der Waals surface area (Å²) in [6.45, 7) is 3.06. The molecule has 3 aliphatic rings. The second-order valence-corrected chi connectivity index (χ2v) is 9.14. The van der Waals surface area contributed by atoms with E-state index in [-0.39, 0.29) is 12.0 Å². The zero-order valence-electron chi connectivity index (χ0n) is 15.5. The van der Waals surface area contributed by atoms with Crippen LogP contribution in [-0.2, 0) is 14.3 Å². The molecule has 156 valence electrons. The van der Waals surface area contributed by atoms with E-state index in [0.717, 1.165) is 19.4 Å². The van der Waals surface area contributed by atoms with Crippen LogP contribution in [0.2, 0.25) is 0 Å². The molecule has 0 spiro atoms. The number of hydrogen-bond donors (Lipinski definition) is 5. The molecule has 0 aromatic heterocycles. The number of hydrogen-bond acceptors (Lipinski definition) is 8. The van der Waals surface area contributed by atoms with Crippen molar-refractivity contribution in [3.63, 3.8) is 0 Å². The molecule has 3 heterocycles. The van der Waals surface area contributed by atoms with E-state index in [4.69, 9.17) is 21.1 Å². The highest BCUT2D eigenvalue weighted by atomic mass is 35.5. The molecule has 10 atom stereocenters. The average Bonchev–Trinajstić information content (AvgIpc) is 3.09. The molecule has 3 unspecified atom stereocenters. The molecule has 3 fully saturated rings. The van der Waals surface area contributed by atoms with Crippen molar-refractivity contribution in [1.82, 2.24) is 10.6 Å². The lowest BCUT2D eigenvalue weighted by molar-refractivity contribution is -0.205. The molecule has 0 saturated carbocycles. The lowest BCUT2D eigenvalue weighted by Gasteiger charge is -2.44. The summed E-state index contributed by atoms with van der Waals surface area (Å²) in [6, 6.07) is -1.23. The molecule has 0 bridgehead atoms. The fourth-order valence-electron chi connectivity index (χ4n) is 4.17. The van der Waals surface area contributed by atoms with Gasteiger partial charge in [-0.25, -0.2) is 0 Å². The van der Waals surface area contributed by atoms with Crippen LogP contribution in [0.4, 0.5) is 0 Å². The first kappa shape index (κ1) is 21.6. The minimum absolute atomic E-state index is 0.173. The monoisotopic (exact) mass is 424 g/mol. The Bertz CT molecular complexity index is 528. The van der Waals surface area contributed by atoms with Gasteiger partial charge in [-0.05, 0) is 31.9 Å². The Hall–Kier alpha value is -0.130. The third-order valence-corrected chi connectivity index (χ3v) is 6.83. The molecular weight excluding hydrogens is 396 g/mol. The lowest BCUT2D eigenvalue weighted by atomic mass is 9.91. The zero-order valence-corrected chi connectivity index (χ0v) is 17.0. The quantitative estimate of drug-likeness (QED) is 0.358. The summed E-state index contributed by atoms with van der Waals surface area (Å²) < 4.78 is 11.6. The highest BCUT2D eigenvalue weighted by Gasteiger charge is 2.49. The molecule has 27 heavy (non-hydrogen) atoms. The summed E-state index contributed by atoms with van der Waals surface area (Å²) >= 11 is 7.52. The van der Waals surface area contributed by atoms with Crippen molar-refractivity contribution < 1.29 is 29.6 Å². The fourth-order valence-corrected chi connectivity index (χ4v) is 5.05. The van der Waals surface area contributed by atoms with Crippen LogP contribution < -0.4 is 10.6 Å². The first-order valence-corrected chi connectivity index (χ1v) is 11.1. The standard InChI is InChI=1S/C17H29ClN2O6S/c1-7(18)9(15-12(22)11(21)13(23)17(26-15)27-2)20-16(24)10-14-8(6-19-10)4-3-5-25-14/h7-15,17,19,21-23H,3-6H2,1-2H3,(H,20,24)/t7-,8-,9+,10-,11?,12?,13+,14+,15+,17?/m0/s1. The summed E-state index contributed by atoms with van der Waals surface area (Å²) in [7, 11) is 0. The van der Waals surface area contributed by atoms with Crippen LogP contribution >= 0.6 is 23.4 Å². The summed E-state index contributed by atoms with van der Waals surface area (Å²) in [5.41, 5.74) is -0.723. The Labute approximate surface area is 168 Å². The second kappa shape index (κ2) is 9.13. The summed E-state index contributed by atoms with van der Waals surface area (Å²) in [6.07, 6.45) is -1.33. The summed E-state index contributed by atoms with van der Waals surface area (Å²) in [5.74, 6) is 0.0507. The molecule has 1 amide bonds. The maximum Gasteiger partial charge on any atom is 0.240 e. The molecule has 8 nitrogen and oxygen atoms in total. The normalized spacial score (nSPS) is 44.4. The molecule has 3 rings (SSSR count). The van der Waals surface area contributed by atoms with Gasteiger partial charge in [-0.2, -0.15) is 0 Å². The van der Waals surface area contributed by atoms with Crippen molar-refractivity contribution in [3.05, 3.63) is 0 Å². The van der Waals surface area contributed by atoms with E-state index in [1.165, 1.54) is 11.8 Å². The number of rotatable bonds is 5. The van der Waals surface area contributed by atoms with E-state index >= 15 is 0 Å². The van der Waals surface area contributed by atoms with Crippen molar-refractivity contribution in [3.8, 4) is 0 Å². The number of carbonyl (C=O) groups is 1. The minimum Gasteiger partial charge on any atom is -0.388 e. The van der Waals surface area contributed by atoms with E-state index in [1.807, 2.05) is 0 Å². The molecule has 3 saturated heterocycles. The number of fused-ring (bicyclic) bond motifs is 1. The topological polar surface area (TPSA) is 120 Å². The summed E-state index contributed by atoms with van der Waals surface area (Å²) in [5, 5.41) is 36.1. The third-order valence-electron chi connectivity index (χ3n) is 5.70. The number of ether oxygens (including phenoxy) is 2. The second-order valence-electron chi connectivity index (χ2n) is 7.51. The van der Waals surface area contributed by atoms with E-state index in [0.29, 0.717) is 12.5 Å². The van der Waals surface area contributed by atoms with Crippen molar-refractivity contribution in [2.75, 3.05) is 19.4 Å². The molecule has 0 aromatic rings. The maximum absolute atomic E-state index is 12.9. The van der Waals surface area contributed by atoms with Gasteiger partial charge in [0.05, 0.1) is 17.5 Å². The molecule has 0 aromatic carbocycles. The smallest absolute Gasteiger partial charge is 0.240 e. The van der Waals surface area contributed by atoms with Crippen LogP contribution in [-0.4, -0.2) is 94.1 Å². The van der Waals surface area contributed by atoms with Gasteiger partial charge < -0.3 is 35.4 Å². The largest absolute Gasteiger partial charge is 0.388 e. The third kappa shape index (κ3) is 4.40. The van der Waals surface area contributed by atoms with Gasteiger partial charge in [-0.1, -0.05) is 0 Å². The molecule has 3 aliphatic heterocycles. The number of halogens is 1. The van der Waals surface area contributed by atoms with Crippen LogP contribution in [0.3, 0.4) is 0 Å². The number of carbonyl (C=O) groups excluding carboxylic acids is 1.